The van der Waals surface area contributed by atoms with Crippen LogP contribution in [0.2, 0.25) is 0 Å². The number of phenols is 1. The van der Waals surface area contributed by atoms with Gasteiger partial charge in [0.25, 0.3) is 0 Å². The van der Waals surface area contributed by atoms with Crippen LogP contribution in [0.15, 0.2) is 36.5 Å². The molecule has 164 valence electrons. The number of halogens is 3. The monoisotopic (exact) mass is 432 g/mol. The smallest absolute Gasteiger partial charge is 0.416 e. The molecule has 0 unspecified atom stereocenters. The van der Waals surface area contributed by atoms with Crippen LogP contribution in [0, 0.1) is 0 Å². The Morgan fingerprint density at radius 3 is 2.71 bits per heavy atom. The molecule has 3 heterocycles. The molecule has 31 heavy (non-hydrogen) atoms. The number of hydrogen-bond donors (Lipinski definition) is 2. The summed E-state index contributed by atoms with van der Waals surface area (Å²) in [7, 11) is 0. The highest BCUT2D eigenvalue weighted by molar-refractivity contribution is 5.81. The van der Waals surface area contributed by atoms with Crippen LogP contribution in [-0.2, 0) is 6.18 Å². The minimum Gasteiger partial charge on any atom is -0.507 e. The quantitative estimate of drug-likeness (QED) is 0.595. The summed E-state index contributed by atoms with van der Waals surface area (Å²) in [5, 5.41) is 22.3. The van der Waals surface area contributed by atoms with Crippen LogP contribution < -0.4 is 5.32 Å². The van der Waals surface area contributed by atoms with E-state index in [1.165, 1.54) is 6.07 Å². The van der Waals surface area contributed by atoms with Gasteiger partial charge in [-0.05, 0) is 43.2 Å². The summed E-state index contributed by atoms with van der Waals surface area (Å²) >= 11 is 0. The van der Waals surface area contributed by atoms with Gasteiger partial charge in [-0.2, -0.15) is 13.2 Å². The van der Waals surface area contributed by atoms with Crippen LogP contribution in [0.3, 0.4) is 0 Å². The molecule has 1 aromatic carbocycles. The van der Waals surface area contributed by atoms with Crippen LogP contribution in [0.5, 0.6) is 5.75 Å². The van der Waals surface area contributed by atoms with Crippen molar-refractivity contribution in [2.75, 3.05) is 18.4 Å². The zero-order chi connectivity index (χ0) is 22.0. The van der Waals surface area contributed by atoms with Crippen molar-refractivity contribution in [3.8, 4) is 17.0 Å². The number of benzene rings is 1. The molecule has 0 spiro atoms. The van der Waals surface area contributed by atoms with Crippen molar-refractivity contribution in [2.45, 2.75) is 44.3 Å². The highest BCUT2D eigenvalue weighted by Gasteiger charge is 2.31. The average Bonchev–Trinajstić information content (AvgIpc) is 3.23. The number of nitrogens with zero attached hydrogens (tertiary/aromatic N) is 4. The standard InChI is InChI=1S/C22H24F3N5O/c1-29-11-4-2-3-6-16(10-13-29)26-21-28-27-20(18-7-5-12-30(18)21)17-9-8-15(14-19(17)31)22(23,24)25/h5,7-9,12,14,16H,1-4,6,10-11,13H2,(H-,26,27,28,31)/p+1/t16-/m1/s1. The Morgan fingerprint density at radius 1 is 1.10 bits per heavy atom. The first-order valence-corrected chi connectivity index (χ1v) is 10.4. The molecule has 9 heteroatoms. The second kappa shape index (κ2) is 8.56. The number of fused-ring (bicyclic) bond motifs is 1. The number of aromatic hydroxyl groups is 1. The average molecular weight is 432 g/mol. The summed E-state index contributed by atoms with van der Waals surface area (Å²) in [6, 6.07) is 6.70. The van der Waals surface area contributed by atoms with Gasteiger partial charge in [-0.15, -0.1) is 10.2 Å². The fraction of sp³-hybridized carbons (Fsp3) is 0.409. The molecule has 0 aliphatic carbocycles. The normalized spacial score (nSPS) is 18.4. The molecule has 1 saturated heterocycles. The maximum absolute atomic E-state index is 12.9. The Labute approximate surface area is 178 Å². The highest BCUT2D eigenvalue weighted by atomic mass is 19.4. The number of phenolic OH excluding ortho intramolecular Hbond substituents is 1. The number of rotatable bonds is 3. The molecule has 2 N–H and O–H groups in total. The molecule has 0 radical (unpaired) electrons. The Morgan fingerprint density at radius 2 is 1.94 bits per heavy atom. The molecular formula is C22H25F3N5O+. The number of anilines is 1. The maximum atomic E-state index is 12.9. The Bertz CT molecular complexity index is 1090. The highest BCUT2D eigenvalue weighted by Crippen LogP contribution is 2.37. The summed E-state index contributed by atoms with van der Waals surface area (Å²) in [4.78, 5) is 0. The lowest BCUT2D eigenvalue weighted by Crippen LogP contribution is -2.25. The molecule has 0 amide bonds. The van der Waals surface area contributed by atoms with Crippen molar-refractivity contribution in [2.24, 2.45) is 0 Å². The van der Waals surface area contributed by atoms with Crippen LogP contribution in [0.25, 0.3) is 16.8 Å². The van der Waals surface area contributed by atoms with Crippen LogP contribution in [0.1, 0.15) is 37.7 Å². The predicted molar refractivity (Wildman–Crippen MR) is 113 cm³/mol. The zero-order valence-corrected chi connectivity index (χ0v) is 17.1. The number of nitrogens with one attached hydrogen (secondary N) is 1. The van der Waals surface area contributed by atoms with Crippen molar-refractivity contribution in [3.05, 3.63) is 42.1 Å². The molecule has 3 aromatic rings. The fourth-order valence-corrected chi connectivity index (χ4v) is 3.98. The molecular weight excluding hydrogens is 407 g/mol. The van der Waals surface area contributed by atoms with Crippen molar-refractivity contribution in [1.82, 2.24) is 14.6 Å². The Hall–Kier alpha value is -3.10. The van der Waals surface area contributed by atoms with Gasteiger partial charge < -0.3 is 10.4 Å². The SMILES string of the molecule is C=[N+]1CCCCC[C@@H](Nc2nnc(-c3ccc(C(F)(F)F)cc3O)c3cccn23)CC1. The van der Waals surface area contributed by atoms with E-state index >= 15 is 0 Å². The summed E-state index contributed by atoms with van der Waals surface area (Å²) in [5.41, 5.74) is 0.256. The van der Waals surface area contributed by atoms with Crippen molar-refractivity contribution in [1.29, 1.82) is 0 Å². The third kappa shape index (κ3) is 4.65. The number of aromatic nitrogens is 3. The van der Waals surface area contributed by atoms with E-state index in [1.807, 2.05) is 16.7 Å². The van der Waals surface area contributed by atoms with Gasteiger partial charge in [-0.1, -0.05) is 6.42 Å². The molecule has 1 aliphatic rings. The molecule has 6 nitrogen and oxygen atoms in total. The Kier molecular flexibility index (Phi) is 5.84. The molecule has 1 fully saturated rings. The third-order valence-electron chi connectivity index (χ3n) is 5.70. The van der Waals surface area contributed by atoms with Gasteiger partial charge in [0, 0.05) is 30.6 Å². The lowest BCUT2D eigenvalue weighted by molar-refractivity contribution is -0.520. The predicted octanol–water partition coefficient (Wildman–Crippen LogP) is 4.58. The van der Waals surface area contributed by atoms with Gasteiger partial charge >= 0.3 is 6.18 Å². The number of hydrogen-bond acceptors (Lipinski definition) is 4. The fourth-order valence-electron chi connectivity index (χ4n) is 3.98. The molecule has 1 aliphatic heterocycles. The molecule has 4 rings (SSSR count). The van der Waals surface area contributed by atoms with Gasteiger partial charge in [0.2, 0.25) is 5.95 Å². The van der Waals surface area contributed by atoms with Crippen LogP contribution >= 0.6 is 0 Å². The first-order valence-electron chi connectivity index (χ1n) is 10.4. The summed E-state index contributed by atoms with van der Waals surface area (Å²) in [6.07, 6.45) is 2.64. The van der Waals surface area contributed by atoms with E-state index < -0.39 is 17.5 Å². The number of alkyl halides is 3. The second-order valence-electron chi connectivity index (χ2n) is 7.96. The largest absolute Gasteiger partial charge is 0.507 e. The lowest BCUT2D eigenvalue weighted by Gasteiger charge is -2.19. The summed E-state index contributed by atoms with van der Waals surface area (Å²) in [6.45, 7) is 5.96. The van der Waals surface area contributed by atoms with Crippen molar-refractivity contribution < 1.29 is 22.9 Å². The summed E-state index contributed by atoms with van der Waals surface area (Å²) in [5.74, 6) is 0.0785. The maximum Gasteiger partial charge on any atom is 0.416 e. The van der Waals surface area contributed by atoms with E-state index in [4.69, 9.17) is 0 Å². The van der Waals surface area contributed by atoms with Gasteiger partial charge in [0.05, 0.1) is 11.1 Å². The first-order chi connectivity index (χ1) is 14.8. The van der Waals surface area contributed by atoms with Crippen LogP contribution in [-0.4, -0.2) is 50.1 Å². The topological polar surface area (TPSA) is 65.5 Å². The molecule has 1 atom stereocenters. The minimum absolute atomic E-state index is 0.200. The molecule has 0 saturated carbocycles. The van der Waals surface area contributed by atoms with Crippen LogP contribution in [0.4, 0.5) is 19.1 Å². The van der Waals surface area contributed by atoms with E-state index in [0.717, 1.165) is 51.3 Å². The zero-order valence-electron chi connectivity index (χ0n) is 17.1. The van der Waals surface area contributed by atoms with Crippen molar-refractivity contribution >= 4 is 18.2 Å². The Balaban J connectivity index is 1.64. The first kappa shape index (κ1) is 21.1. The van der Waals surface area contributed by atoms with E-state index in [-0.39, 0.29) is 11.6 Å². The van der Waals surface area contributed by atoms with E-state index in [2.05, 4.69) is 26.8 Å². The molecule has 0 bridgehead atoms. The van der Waals surface area contributed by atoms with E-state index in [0.29, 0.717) is 23.2 Å². The lowest BCUT2D eigenvalue weighted by atomic mass is 10.1. The second-order valence-corrected chi connectivity index (χ2v) is 7.96. The minimum atomic E-state index is -4.53. The van der Waals surface area contributed by atoms with E-state index in [1.54, 1.807) is 6.07 Å². The summed E-state index contributed by atoms with van der Waals surface area (Å²) < 4.78 is 42.7. The van der Waals surface area contributed by atoms with Gasteiger partial charge in [0.1, 0.15) is 31.3 Å². The molecule has 2 aromatic heterocycles. The third-order valence-corrected chi connectivity index (χ3v) is 5.70. The van der Waals surface area contributed by atoms with Crippen molar-refractivity contribution in [3.63, 3.8) is 0 Å². The van der Waals surface area contributed by atoms with Gasteiger partial charge in [0.15, 0.2) is 0 Å². The van der Waals surface area contributed by atoms with Gasteiger partial charge in [-0.25, -0.2) is 4.58 Å². The van der Waals surface area contributed by atoms with E-state index in [9.17, 15) is 18.3 Å². The van der Waals surface area contributed by atoms with Gasteiger partial charge in [-0.3, -0.25) is 4.40 Å².